The van der Waals surface area contributed by atoms with Crippen molar-refractivity contribution in [3.63, 3.8) is 0 Å². The number of carbonyl (C=O) groups is 2. The first-order valence-electron chi connectivity index (χ1n) is 8.00. The Balaban J connectivity index is 1.59. The van der Waals surface area contributed by atoms with Gasteiger partial charge in [-0.05, 0) is 61.7 Å². The van der Waals surface area contributed by atoms with Gasteiger partial charge < -0.3 is 10.6 Å². The lowest BCUT2D eigenvalue weighted by molar-refractivity contribution is -0.117. The predicted molar refractivity (Wildman–Crippen MR) is 97.8 cm³/mol. The van der Waals surface area contributed by atoms with Crippen molar-refractivity contribution in [3.05, 3.63) is 64.1 Å². The Kier molecular flexibility index (Phi) is 5.00. The third kappa shape index (κ3) is 4.23. The zero-order valence-electron chi connectivity index (χ0n) is 13.4. The van der Waals surface area contributed by atoms with Gasteiger partial charge in [-0.25, -0.2) is 0 Å². The largest absolute Gasteiger partial charge is 0.346 e. The highest BCUT2D eigenvalue weighted by atomic mass is 79.9. The molecule has 5 heteroatoms. The molecule has 1 atom stereocenters. The maximum Gasteiger partial charge on any atom is 0.251 e. The highest BCUT2D eigenvalue weighted by Crippen LogP contribution is 2.30. The van der Waals surface area contributed by atoms with Crippen LogP contribution < -0.4 is 10.6 Å². The molecule has 1 aliphatic rings. The van der Waals surface area contributed by atoms with E-state index in [9.17, 15) is 9.59 Å². The van der Waals surface area contributed by atoms with Gasteiger partial charge >= 0.3 is 0 Å². The molecule has 1 aliphatic carbocycles. The number of hydrogen-bond acceptors (Lipinski definition) is 2. The summed E-state index contributed by atoms with van der Waals surface area (Å²) in [7, 11) is 0. The fourth-order valence-electron chi connectivity index (χ4n) is 2.41. The van der Waals surface area contributed by atoms with Gasteiger partial charge in [-0.3, -0.25) is 9.59 Å². The van der Waals surface area contributed by atoms with Crippen LogP contribution in [-0.2, 0) is 4.79 Å². The molecule has 3 rings (SSSR count). The fourth-order valence-corrected chi connectivity index (χ4v) is 2.67. The summed E-state index contributed by atoms with van der Waals surface area (Å²) < 4.78 is 1.01. The monoisotopic (exact) mass is 386 g/mol. The van der Waals surface area contributed by atoms with Crippen molar-refractivity contribution in [1.29, 1.82) is 0 Å². The number of amides is 2. The number of anilines is 1. The Morgan fingerprint density at radius 3 is 2.25 bits per heavy atom. The number of benzene rings is 2. The number of hydrogen-bond donors (Lipinski definition) is 2. The molecular weight excluding hydrogens is 368 g/mol. The van der Waals surface area contributed by atoms with Crippen LogP contribution in [0.3, 0.4) is 0 Å². The van der Waals surface area contributed by atoms with Crippen LogP contribution in [0.2, 0.25) is 0 Å². The highest BCUT2D eigenvalue weighted by molar-refractivity contribution is 9.10. The third-order valence-electron chi connectivity index (χ3n) is 4.08. The molecule has 1 saturated carbocycles. The summed E-state index contributed by atoms with van der Waals surface area (Å²) in [5.74, 6) is 0.0984. The number of carbonyl (C=O) groups excluding carboxylic acids is 2. The Hall–Kier alpha value is -2.14. The Labute approximate surface area is 149 Å². The molecule has 4 nitrogen and oxygen atoms in total. The molecule has 0 saturated heterocycles. The van der Waals surface area contributed by atoms with Crippen LogP contribution in [-0.4, -0.2) is 11.8 Å². The maximum absolute atomic E-state index is 12.3. The molecule has 0 radical (unpaired) electrons. The molecule has 2 amide bonds. The van der Waals surface area contributed by atoms with Gasteiger partial charge in [0.15, 0.2) is 0 Å². The minimum Gasteiger partial charge on any atom is -0.346 e. The second kappa shape index (κ2) is 7.18. The summed E-state index contributed by atoms with van der Waals surface area (Å²) in [5, 5.41) is 5.85. The normalized spacial score (nSPS) is 14.8. The van der Waals surface area contributed by atoms with Gasteiger partial charge in [0.05, 0.1) is 6.04 Å². The minimum absolute atomic E-state index is 0.0658. The van der Waals surface area contributed by atoms with E-state index >= 15 is 0 Å². The molecular formula is C19H19BrN2O2. The number of halogens is 1. The van der Waals surface area contributed by atoms with Crippen LogP contribution in [0, 0.1) is 5.92 Å². The van der Waals surface area contributed by atoms with Gasteiger partial charge in [-0.2, -0.15) is 0 Å². The summed E-state index contributed by atoms with van der Waals surface area (Å²) >= 11 is 3.40. The van der Waals surface area contributed by atoms with Gasteiger partial charge in [0.25, 0.3) is 5.91 Å². The average molecular weight is 387 g/mol. The molecule has 1 unspecified atom stereocenters. The van der Waals surface area contributed by atoms with Crippen LogP contribution in [0.1, 0.15) is 41.7 Å². The number of nitrogens with one attached hydrogen (secondary N) is 2. The van der Waals surface area contributed by atoms with Gasteiger partial charge in [-0.1, -0.05) is 28.1 Å². The molecule has 2 N–H and O–H groups in total. The van der Waals surface area contributed by atoms with Crippen molar-refractivity contribution in [2.45, 2.75) is 25.8 Å². The predicted octanol–water partition coefficient (Wildman–Crippen LogP) is 4.29. The van der Waals surface area contributed by atoms with Gasteiger partial charge in [-0.15, -0.1) is 0 Å². The summed E-state index contributed by atoms with van der Waals surface area (Å²) in [5.41, 5.74) is 2.34. The van der Waals surface area contributed by atoms with Crippen LogP contribution >= 0.6 is 15.9 Å². The number of rotatable bonds is 5. The first-order valence-corrected chi connectivity index (χ1v) is 8.79. The molecule has 24 heavy (non-hydrogen) atoms. The van der Waals surface area contributed by atoms with E-state index in [1.54, 1.807) is 24.3 Å². The lowest BCUT2D eigenvalue weighted by atomic mass is 10.1. The van der Waals surface area contributed by atoms with E-state index in [-0.39, 0.29) is 23.8 Å². The lowest BCUT2D eigenvalue weighted by Gasteiger charge is -2.15. The SMILES string of the molecule is CC(NC(=O)c1ccc(NC(=O)C2CC2)cc1)c1ccc(Br)cc1. The first-order chi connectivity index (χ1) is 11.5. The summed E-state index contributed by atoms with van der Waals surface area (Å²) in [6, 6.07) is 14.8. The van der Waals surface area contributed by atoms with Crippen molar-refractivity contribution >= 4 is 33.4 Å². The lowest BCUT2D eigenvalue weighted by Crippen LogP contribution is -2.26. The topological polar surface area (TPSA) is 58.2 Å². The molecule has 0 bridgehead atoms. The second-order valence-corrected chi connectivity index (χ2v) is 7.00. The average Bonchev–Trinajstić information content (AvgIpc) is 3.41. The van der Waals surface area contributed by atoms with Gasteiger partial charge in [0.2, 0.25) is 5.91 Å². The van der Waals surface area contributed by atoms with Crippen molar-refractivity contribution < 1.29 is 9.59 Å². The molecule has 0 aliphatic heterocycles. The summed E-state index contributed by atoms with van der Waals surface area (Å²) in [6.07, 6.45) is 1.94. The van der Waals surface area contributed by atoms with E-state index < -0.39 is 0 Å². The Bertz CT molecular complexity index is 737. The van der Waals surface area contributed by atoms with Crippen molar-refractivity contribution in [2.75, 3.05) is 5.32 Å². The summed E-state index contributed by atoms with van der Waals surface area (Å²) in [6.45, 7) is 1.95. The molecule has 124 valence electrons. The zero-order chi connectivity index (χ0) is 17.1. The fraction of sp³-hybridized carbons (Fsp3) is 0.263. The highest BCUT2D eigenvalue weighted by Gasteiger charge is 2.29. The standard InChI is InChI=1S/C19H19BrN2O2/c1-12(13-4-8-16(20)9-5-13)21-18(23)15-6-10-17(11-7-15)22-19(24)14-2-3-14/h4-12,14H,2-3H2,1H3,(H,21,23)(H,22,24). The van der Waals surface area contributed by atoms with E-state index in [1.165, 1.54) is 0 Å². The van der Waals surface area contributed by atoms with Crippen molar-refractivity contribution in [1.82, 2.24) is 5.32 Å². The first kappa shape index (κ1) is 16.7. The van der Waals surface area contributed by atoms with E-state index in [2.05, 4.69) is 26.6 Å². The molecule has 2 aromatic carbocycles. The van der Waals surface area contributed by atoms with E-state index in [0.29, 0.717) is 5.56 Å². The van der Waals surface area contributed by atoms with E-state index in [1.807, 2.05) is 31.2 Å². The third-order valence-corrected chi connectivity index (χ3v) is 4.61. The second-order valence-electron chi connectivity index (χ2n) is 6.09. The minimum atomic E-state index is -0.134. The summed E-state index contributed by atoms with van der Waals surface area (Å²) in [4.78, 5) is 24.1. The van der Waals surface area contributed by atoms with Crippen LogP contribution in [0.25, 0.3) is 0 Å². The Morgan fingerprint density at radius 2 is 1.67 bits per heavy atom. The molecule has 2 aromatic rings. The van der Waals surface area contributed by atoms with E-state index in [4.69, 9.17) is 0 Å². The molecule has 0 heterocycles. The van der Waals surface area contributed by atoms with E-state index in [0.717, 1.165) is 28.6 Å². The Morgan fingerprint density at radius 1 is 1.04 bits per heavy atom. The molecule has 1 fully saturated rings. The van der Waals surface area contributed by atoms with Gasteiger partial charge in [0.1, 0.15) is 0 Å². The molecule has 0 spiro atoms. The van der Waals surface area contributed by atoms with Crippen LogP contribution in [0.5, 0.6) is 0 Å². The van der Waals surface area contributed by atoms with Crippen molar-refractivity contribution in [2.24, 2.45) is 5.92 Å². The van der Waals surface area contributed by atoms with Crippen molar-refractivity contribution in [3.8, 4) is 0 Å². The van der Waals surface area contributed by atoms with Crippen LogP contribution in [0.4, 0.5) is 5.69 Å². The van der Waals surface area contributed by atoms with Gasteiger partial charge in [0, 0.05) is 21.6 Å². The smallest absolute Gasteiger partial charge is 0.251 e. The molecule has 0 aromatic heterocycles. The maximum atomic E-state index is 12.3. The quantitative estimate of drug-likeness (QED) is 0.804. The van der Waals surface area contributed by atoms with Crippen LogP contribution in [0.15, 0.2) is 53.0 Å². The zero-order valence-corrected chi connectivity index (χ0v) is 15.0.